The molecular formula is C33H20N4. The maximum Gasteiger partial charge on any atom is 0.137 e. The molecule has 8 rings (SSSR count). The number of rotatable bonds is 2. The van der Waals surface area contributed by atoms with E-state index >= 15 is 0 Å². The van der Waals surface area contributed by atoms with Gasteiger partial charge in [-0.3, -0.25) is 9.38 Å². The normalized spacial score (nSPS) is 11.8. The van der Waals surface area contributed by atoms with Gasteiger partial charge in [-0.15, -0.1) is 0 Å². The fourth-order valence-electron chi connectivity index (χ4n) is 5.73. The zero-order valence-corrected chi connectivity index (χ0v) is 19.8. The summed E-state index contributed by atoms with van der Waals surface area (Å²) >= 11 is 0. The summed E-state index contributed by atoms with van der Waals surface area (Å²) in [6.45, 7) is 0. The first-order chi connectivity index (χ1) is 18.4. The average molecular weight is 473 g/mol. The standard InChI is InChI=1S/C33H20N4/c1-3-13-24-22(11-1)29(21-10-9-18-34-20-21)23-12-2-4-14-25(23)30(24)32-33-31(26-15-5-6-16-27(26)35-32)36-28-17-7-8-19-37(28)33/h1-20H. The van der Waals surface area contributed by atoms with Gasteiger partial charge in [-0.1, -0.05) is 78.9 Å². The number of imidazole rings is 1. The minimum Gasteiger partial charge on any atom is -0.298 e. The van der Waals surface area contributed by atoms with Gasteiger partial charge in [-0.25, -0.2) is 9.97 Å². The van der Waals surface area contributed by atoms with Gasteiger partial charge in [0, 0.05) is 35.1 Å². The molecule has 172 valence electrons. The Labute approximate surface area is 212 Å². The molecule has 0 bridgehead atoms. The first-order valence-corrected chi connectivity index (χ1v) is 12.4. The van der Waals surface area contributed by atoms with E-state index in [-0.39, 0.29) is 0 Å². The maximum atomic E-state index is 5.33. The van der Waals surface area contributed by atoms with Crippen LogP contribution in [-0.4, -0.2) is 19.4 Å². The van der Waals surface area contributed by atoms with E-state index in [1.165, 1.54) is 16.3 Å². The van der Waals surface area contributed by atoms with Crippen molar-refractivity contribution >= 4 is 49.1 Å². The highest BCUT2D eigenvalue weighted by molar-refractivity contribution is 6.24. The zero-order valence-electron chi connectivity index (χ0n) is 19.8. The highest BCUT2D eigenvalue weighted by Gasteiger charge is 2.22. The largest absolute Gasteiger partial charge is 0.298 e. The third-order valence-corrected chi connectivity index (χ3v) is 7.26. The van der Waals surface area contributed by atoms with Crippen LogP contribution in [0.3, 0.4) is 0 Å². The smallest absolute Gasteiger partial charge is 0.137 e. The van der Waals surface area contributed by atoms with Crippen LogP contribution in [0.4, 0.5) is 0 Å². The van der Waals surface area contributed by atoms with Crippen LogP contribution in [0.25, 0.3) is 71.5 Å². The molecule has 4 aromatic heterocycles. The predicted molar refractivity (Wildman–Crippen MR) is 152 cm³/mol. The van der Waals surface area contributed by atoms with E-state index in [2.05, 4.69) is 101 Å². The van der Waals surface area contributed by atoms with Crippen molar-refractivity contribution in [1.29, 1.82) is 0 Å². The second-order valence-corrected chi connectivity index (χ2v) is 9.30. The Kier molecular flexibility index (Phi) is 4.19. The van der Waals surface area contributed by atoms with Gasteiger partial charge in [-0.2, -0.15) is 0 Å². The van der Waals surface area contributed by atoms with E-state index in [4.69, 9.17) is 9.97 Å². The summed E-state index contributed by atoms with van der Waals surface area (Å²) in [5.41, 5.74) is 8.22. The molecule has 4 aromatic carbocycles. The first-order valence-electron chi connectivity index (χ1n) is 12.4. The molecule has 0 saturated heterocycles. The van der Waals surface area contributed by atoms with Crippen molar-refractivity contribution in [3.05, 3.63) is 122 Å². The van der Waals surface area contributed by atoms with Gasteiger partial charge in [0.15, 0.2) is 0 Å². The van der Waals surface area contributed by atoms with Gasteiger partial charge in [0.25, 0.3) is 0 Å². The van der Waals surface area contributed by atoms with Gasteiger partial charge in [0.05, 0.1) is 11.2 Å². The van der Waals surface area contributed by atoms with Crippen LogP contribution in [0.5, 0.6) is 0 Å². The Balaban J connectivity index is 1.64. The van der Waals surface area contributed by atoms with Crippen LogP contribution in [0.15, 0.2) is 122 Å². The van der Waals surface area contributed by atoms with Crippen molar-refractivity contribution in [2.75, 3.05) is 0 Å². The third-order valence-electron chi connectivity index (χ3n) is 7.26. The number of nitrogens with zero attached hydrogens (tertiary/aromatic N) is 4. The van der Waals surface area contributed by atoms with Crippen LogP contribution in [0.1, 0.15) is 0 Å². The van der Waals surface area contributed by atoms with E-state index in [0.29, 0.717) is 0 Å². The molecule has 0 fully saturated rings. The molecular weight excluding hydrogens is 452 g/mol. The summed E-state index contributed by atoms with van der Waals surface area (Å²) in [7, 11) is 0. The molecule has 0 radical (unpaired) electrons. The molecule has 0 spiro atoms. The number of hydrogen-bond acceptors (Lipinski definition) is 3. The number of aromatic nitrogens is 4. The molecule has 0 unspecified atom stereocenters. The second-order valence-electron chi connectivity index (χ2n) is 9.30. The lowest BCUT2D eigenvalue weighted by Crippen LogP contribution is -1.96. The summed E-state index contributed by atoms with van der Waals surface area (Å²) in [5.74, 6) is 0. The molecule has 0 N–H and O–H groups in total. The lowest BCUT2D eigenvalue weighted by atomic mass is 9.87. The molecule has 37 heavy (non-hydrogen) atoms. The molecule has 4 nitrogen and oxygen atoms in total. The van der Waals surface area contributed by atoms with Crippen molar-refractivity contribution < 1.29 is 0 Å². The molecule has 4 heteroatoms. The molecule has 4 heterocycles. The number of benzene rings is 4. The molecule has 0 saturated carbocycles. The lowest BCUT2D eigenvalue weighted by molar-refractivity contribution is 1.22. The Morgan fingerprint density at radius 3 is 1.89 bits per heavy atom. The summed E-state index contributed by atoms with van der Waals surface area (Å²) in [6.07, 6.45) is 5.85. The minimum atomic E-state index is 0.914. The van der Waals surface area contributed by atoms with Crippen molar-refractivity contribution in [2.24, 2.45) is 0 Å². The average Bonchev–Trinajstić information content (AvgIpc) is 3.36. The fourth-order valence-corrected chi connectivity index (χ4v) is 5.73. The fraction of sp³-hybridized carbons (Fsp3) is 0. The minimum absolute atomic E-state index is 0.914. The van der Waals surface area contributed by atoms with Crippen LogP contribution in [-0.2, 0) is 0 Å². The van der Waals surface area contributed by atoms with Crippen LogP contribution in [0.2, 0.25) is 0 Å². The first kappa shape index (κ1) is 20.1. The zero-order chi connectivity index (χ0) is 24.3. The van der Waals surface area contributed by atoms with Crippen LogP contribution in [0, 0.1) is 0 Å². The van der Waals surface area contributed by atoms with Crippen molar-refractivity contribution in [1.82, 2.24) is 19.4 Å². The summed E-state index contributed by atoms with van der Waals surface area (Å²) < 4.78 is 2.17. The monoisotopic (exact) mass is 472 g/mol. The van der Waals surface area contributed by atoms with E-state index < -0.39 is 0 Å². The van der Waals surface area contributed by atoms with Gasteiger partial charge in [0.1, 0.15) is 16.7 Å². The Morgan fingerprint density at radius 1 is 0.541 bits per heavy atom. The quantitative estimate of drug-likeness (QED) is 0.239. The van der Waals surface area contributed by atoms with Crippen molar-refractivity contribution in [3.63, 3.8) is 0 Å². The number of hydrogen-bond donors (Lipinski definition) is 0. The Hall–Kier alpha value is -5.09. The molecule has 8 aromatic rings. The number of fused-ring (bicyclic) bond motifs is 7. The molecule has 0 aliphatic heterocycles. The molecule has 0 atom stereocenters. The van der Waals surface area contributed by atoms with E-state index in [1.807, 2.05) is 30.6 Å². The van der Waals surface area contributed by atoms with E-state index in [1.54, 1.807) is 0 Å². The highest BCUT2D eigenvalue weighted by atomic mass is 15.0. The Bertz CT molecular complexity index is 2090. The molecule has 0 amide bonds. The van der Waals surface area contributed by atoms with Gasteiger partial charge in [-0.05, 0) is 51.4 Å². The van der Waals surface area contributed by atoms with Crippen molar-refractivity contribution in [2.45, 2.75) is 0 Å². The van der Waals surface area contributed by atoms with Crippen LogP contribution < -0.4 is 0 Å². The molecule has 0 aliphatic carbocycles. The number of para-hydroxylation sites is 1. The van der Waals surface area contributed by atoms with E-state index in [0.717, 1.165) is 55.2 Å². The Morgan fingerprint density at radius 2 is 1.19 bits per heavy atom. The number of pyridine rings is 3. The second kappa shape index (κ2) is 7.70. The lowest BCUT2D eigenvalue weighted by Gasteiger charge is -2.18. The topological polar surface area (TPSA) is 43.1 Å². The van der Waals surface area contributed by atoms with Crippen molar-refractivity contribution in [3.8, 4) is 22.4 Å². The maximum absolute atomic E-state index is 5.33. The molecule has 0 aliphatic rings. The van der Waals surface area contributed by atoms with Gasteiger partial charge in [0.2, 0.25) is 0 Å². The van der Waals surface area contributed by atoms with Gasteiger partial charge >= 0.3 is 0 Å². The van der Waals surface area contributed by atoms with E-state index in [9.17, 15) is 0 Å². The van der Waals surface area contributed by atoms with Crippen LogP contribution >= 0.6 is 0 Å². The summed E-state index contributed by atoms with van der Waals surface area (Å²) in [5, 5.41) is 5.75. The predicted octanol–water partition coefficient (Wildman–Crippen LogP) is 8.07. The summed E-state index contributed by atoms with van der Waals surface area (Å²) in [4.78, 5) is 14.8. The van der Waals surface area contributed by atoms with Gasteiger partial charge < -0.3 is 0 Å². The summed E-state index contributed by atoms with van der Waals surface area (Å²) in [6, 6.07) is 35.9. The SMILES string of the molecule is c1cncc(-c2c3ccccc3c(-c3nc4ccccc4c4nc5ccccn5c34)c3ccccc23)c1. The third kappa shape index (κ3) is 2.87. The highest BCUT2D eigenvalue weighted by Crippen LogP contribution is 2.45.